The van der Waals surface area contributed by atoms with Crippen LogP contribution in [0, 0.1) is 5.41 Å². The maximum absolute atomic E-state index is 11.5. The molecule has 90 valence electrons. The van der Waals surface area contributed by atoms with Gasteiger partial charge in [-0.05, 0) is 25.8 Å². The van der Waals surface area contributed by atoms with Crippen LogP contribution < -0.4 is 5.46 Å². The molecule has 1 aromatic carbocycles. The summed E-state index contributed by atoms with van der Waals surface area (Å²) in [4.78, 5) is 11.5. The Morgan fingerprint density at radius 3 is 2.65 bits per heavy atom. The summed E-state index contributed by atoms with van der Waals surface area (Å²) in [5.41, 5.74) is 1.96. The van der Waals surface area contributed by atoms with Crippen molar-refractivity contribution < 1.29 is 9.53 Å². The van der Waals surface area contributed by atoms with E-state index < -0.39 is 5.41 Å². The van der Waals surface area contributed by atoms with Gasteiger partial charge in [-0.15, -0.1) is 0 Å². The lowest BCUT2D eigenvalue weighted by molar-refractivity contribution is -0.150. The highest BCUT2D eigenvalue weighted by molar-refractivity contribution is 6.34. The summed E-state index contributed by atoms with van der Waals surface area (Å²) in [6, 6.07) is 8.17. The van der Waals surface area contributed by atoms with Gasteiger partial charge in [0.2, 0.25) is 0 Å². The van der Waals surface area contributed by atoms with Gasteiger partial charge in [-0.2, -0.15) is 0 Å². The Labute approximate surface area is 104 Å². The maximum Gasteiger partial charge on any atom is 0.311 e. The Kier molecular flexibility index (Phi) is 4.56. The Hall–Kier alpha value is -1.51. The number of carbonyl (C=O) groups excluding carboxylic acids is 1. The SMILES string of the molecule is Bc1ccccc1/C=C/CC(C)(C)C(=O)OC. The number of carbonyl (C=O) groups is 1. The first-order valence-electron chi connectivity index (χ1n) is 5.78. The molecule has 1 aromatic rings. The summed E-state index contributed by atoms with van der Waals surface area (Å²) >= 11 is 0. The molecule has 0 heterocycles. The van der Waals surface area contributed by atoms with Crippen molar-refractivity contribution in [3.63, 3.8) is 0 Å². The number of benzene rings is 1. The summed E-state index contributed by atoms with van der Waals surface area (Å²) in [5.74, 6) is -0.174. The molecule has 0 saturated carbocycles. The van der Waals surface area contributed by atoms with E-state index in [2.05, 4.69) is 26.1 Å². The molecule has 0 spiro atoms. The fourth-order valence-electron chi connectivity index (χ4n) is 1.61. The van der Waals surface area contributed by atoms with Crippen molar-refractivity contribution in [3.05, 3.63) is 35.9 Å². The molecular weight excluding hydrogens is 211 g/mol. The Morgan fingerprint density at radius 2 is 2.06 bits per heavy atom. The van der Waals surface area contributed by atoms with Gasteiger partial charge >= 0.3 is 5.97 Å². The highest BCUT2D eigenvalue weighted by Crippen LogP contribution is 2.22. The van der Waals surface area contributed by atoms with Crippen molar-refractivity contribution in [1.29, 1.82) is 0 Å². The average molecular weight is 230 g/mol. The number of hydrogen-bond acceptors (Lipinski definition) is 2. The van der Waals surface area contributed by atoms with Crippen LogP contribution in [0.3, 0.4) is 0 Å². The molecule has 0 aromatic heterocycles. The molecule has 0 unspecified atom stereocenters. The Balaban J connectivity index is 2.68. The van der Waals surface area contributed by atoms with Crippen LogP contribution in [0.5, 0.6) is 0 Å². The minimum Gasteiger partial charge on any atom is -0.469 e. The predicted octanol–water partition coefficient (Wildman–Crippen LogP) is 1.55. The second kappa shape index (κ2) is 5.71. The second-order valence-corrected chi connectivity index (χ2v) is 4.84. The molecular formula is C14H19BO2. The molecule has 0 aliphatic rings. The van der Waals surface area contributed by atoms with Gasteiger partial charge in [-0.25, -0.2) is 0 Å². The first-order chi connectivity index (χ1) is 7.97. The number of methoxy groups -OCH3 is 1. The van der Waals surface area contributed by atoms with Gasteiger partial charge in [0.15, 0.2) is 0 Å². The van der Waals surface area contributed by atoms with Crippen LogP contribution in [0.1, 0.15) is 25.8 Å². The van der Waals surface area contributed by atoms with Gasteiger partial charge in [-0.1, -0.05) is 41.9 Å². The van der Waals surface area contributed by atoms with Crippen LogP contribution >= 0.6 is 0 Å². The van der Waals surface area contributed by atoms with Gasteiger partial charge in [-0.3, -0.25) is 4.79 Å². The molecule has 0 saturated heterocycles. The largest absolute Gasteiger partial charge is 0.469 e. The van der Waals surface area contributed by atoms with Crippen molar-refractivity contribution in [2.45, 2.75) is 20.3 Å². The van der Waals surface area contributed by atoms with Crippen LogP contribution in [0.4, 0.5) is 0 Å². The monoisotopic (exact) mass is 230 g/mol. The Bertz CT molecular complexity index is 422. The van der Waals surface area contributed by atoms with Gasteiger partial charge in [0.1, 0.15) is 7.85 Å². The van der Waals surface area contributed by atoms with E-state index in [0.717, 1.165) is 0 Å². The van der Waals surface area contributed by atoms with E-state index in [-0.39, 0.29) is 5.97 Å². The molecule has 0 amide bonds. The third kappa shape index (κ3) is 3.77. The van der Waals surface area contributed by atoms with E-state index in [1.165, 1.54) is 18.1 Å². The average Bonchev–Trinajstić information content (AvgIpc) is 2.30. The fraction of sp³-hybridized carbons (Fsp3) is 0.357. The van der Waals surface area contributed by atoms with E-state index in [4.69, 9.17) is 4.74 Å². The number of esters is 1. The van der Waals surface area contributed by atoms with Gasteiger partial charge in [0.25, 0.3) is 0 Å². The van der Waals surface area contributed by atoms with Gasteiger partial charge < -0.3 is 4.74 Å². The number of hydrogen-bond donors (Lipinski definition) is 0. The van der Waals surface area contributed by atoms with Crippen molar-refractivity contribution >= 4 is 25.4 Å². The first-order valence-corrected chi connectivity index (χ1v) is 5.78. The first kappa shape index (κ1) is 13.6. The van der Waals surface area contributed by atoms with E-state index >= 15 is 0 Å². The quantitative estimate of drug-likeness (QED) is 0.579. The molecule has 1 rings (SSSR count). The van der Waals surface area contributed by atoms with E-state index in [1.807, 2.05) is 32.1 Å². The molecule has 0 bridgehead atoms. The van der Waals surface area contributed by atoms with Gasteiger partial charge in [0.05, 0.1) is 12.5 Å². The van der Waals surface area contributed by atoms with Crippen LogP contribution in [-0.4, -0.2) is 20.9 Å². The van der Waals surface area contributed by atoms with Crippen LogP contribution in [0.25, 0.3) is 6.08 Å². The molecule has 0 radical (unpaired) electrons. The van der Waals surface area contributed by atoms with Crippen LogP contribution in [0.15, 0.2) is 30.3 Å². The van der Waals surface area contributed by atoms with Gasteiger partial charge in [0, 0.05) is 0 Å². The summed E-state index contributed by atoms with van der Waals surface area (Å²) < 4.78 is 4.77. The zero-order valence-corrected chi connectivity index (χ0v) is 11.0. The van der Waals surface area contributed by atoms with E-state index in [1.54, 1.807) is 0 Å². The van der Waals surface area contributed by atoms with Crippen molar-refractivity contribution in [2.24, 2.45) is 5.41 Å². The molecule has 0 aliphatic carbocycles. The standard InChI is InChI=1S/C14H19BO2/c1-14(2,13(16)17-3)10-6-8-11-7-4-5-9-12(11)15/h4-9H,10,15H2,1-3H3/b8-6+. The lowest BCUT2D eigenvalue weighted by Crippen LogP contribution is -2.24. The molecule has 0 fully saturated rings. The zero-order chi connectivity index (χ0) is 12.9. The van der Waals surface area contributed by atoms with Crippen molar-refractivity contribution in [1.82, 2.24) is 0 Å². The molecule has 3 heteroatoms. The number of ether oxygens (including phenoxy) is 1. The third-order valence-electron chi connectivity index (χ3n) is 2.85. The Morgan fingerprint density at radius 1 is 1.41 bits per heavy atom. The zero-order valence-electron chi connectivity index (χ0n) is 11.0. The minimum atomic E-state index is -0.464. The third-order valence-corrected chi connectivity index (χ3v) is 2.85. The number of allylic oxidation sites excluding steroid dienone is 1. The molecule has 2 nitrogen and oxygen atoms in total. The van der Waals surface area contributed by atoms with E-state index in [0.29, 0.717) is 6.42 Å². The molecule has 0 atom stereocenters. The number of rotatable bonds is 4. The fourth-order valence-corrected chi connectivity index (χ4v) is 1.61. The summed E-state index contributed by atoms with van der Waals surface area (Å²) in [6.45, 7) is 3.78. The highest BCUT2D eigenvalue weighted by atomic mass is 16.5. The summed E-state index contributed by atoms with van der Waals surface area (Å²) in [7, 11) is 3.50. The smallest absolute Gasteiger partial charge is 0.311 e. The van der Waals surface area contributed by atoms with Crippen LogP contribution in [-0.2, 0) is 9.53 Å². The predicted molar refractivity (Wildman–Crippen MR) is 74.1 cm³/mol. The second-order valence-electron chi connectivity index (χ2n) is 4.84. The maximum atomic E-state index is 11.5. The van der Waals surface area contributed by atoms with Crippen molar-refractivity contribution in [2.75, 3.05) is 7.11 Å². The van der Waals surface area contributed by atoms with E-state index in [9.17, 15) is 4.79 Å². The molecule has 17 heavy (non-hydrogen) atoms. The lowest BCUT2D eigenvalue weighted by atomic mass is 9.87. The van der Waals surface area contributed by atoms with Crippen LogP contribution in [0.2, 0.25) is 0 Å². The topological polar surface area (TPSA) is 26.3 Å². The molecule has 0 aliphatic heterocycles. The lowest BCUT2D eigenvalue weighted by Gasteiger charge is -2.19. The molecule has 0 N–H and O–H groups in total. The minimum absolute atomic E-state index is 0.174. The normalized spacial score (nSPS) is 11.7. The highest BCUT2D eigenvalue weighted by Gasteiger charge is 2.26. The summed E-state index contributed by atoms with van der Waals surface area (Å²) in [5, 5.41) is 0. The van der Waals surface area contributed by atoms with Crippen molar-refractivity contribution in [3.8, 4) is 0 Å². The summed E-state index contributed by atoms with van der Waals surface area (Å²) in [6.07, 6.45) is 4.76.